The van der Waals surface area contributed by atoms with E-state index in [2.05, 4.69) is 20.3 Å². The molecule has 5 heteroatoms. The van der Waals surface area contributed by atoms with Gasteiger partial charge in [0.25, 0.3) is 5.91 Å². The second-order valence-electron chi connectivity index (χ2n) is 1.60. The van der Waals surface area contributed by atoms with E-state index in [9.17, 15) is 4.79 Å². The number of hydrogen-bond acceptors (Lipinski definition) is 3. The van der Waals surface area contributed by atoms with Gasteiger partial charge in [0.15, 0.2) is 0 Å². The molecule has 5 nitrogen and oxygen atoms in total. The van der Waals surface area contributed by atoms with Gasteiger partial charge in [-0.1, -0.05) is 0 Å². The Kier molecular flexibility index (Phi) is 2.01. The zero-order valence-electron chi connectivity index (χ0n) is 5.42. The summed E-state index contributed by atoms with van der Waals surface area (Å²) in [6.07, 6.45) is 2.83. The largest absolute Gasteiger partial charge is 0.341 e. The second kappa shape index (κ2) is 2.98. The van der Waals surface area contributed by atoms with E-state index >= 15 is 0 Å². The van der Waals surface area contributed by atoms with Crippen molar-refractivity contribution < 1.29 is 9.63 Å². The van der Waals surface area contributed by atoms with Gasteiger partial charge >= 0.3 is 0 Å². The Morgan fingerprint density at radius 1 is 1.90 bits per heavy atom. The molecule has 0 saturated heterocycles. The summed E-state index contributed by atoms with van der Waals surface area (Å²) < 4.78 is 0. The fraction of sp³-hybridized carbons (Fsp3) is 0.200. The van der Waals surface area contributed by atoms with Crippen LogP contribution in [0, 0.1) is 0 Å². The highest BCUT2D eigenvalue weighted by Crippen LogP contribution is 1.88. The van der Waals surface area contributed by atoms with Gasteiger partial charge in [-0.05, 0) is 0 Å². The Balaban J connectivity index is 2.59. The van der Waals surface area contributed by atoms with E-state index in [0.717, 1.165) is 0 Å². The van der Waals surface area contributed by atoms with Crippen LogP contribution in [0.5, 0.6) is 0 Å². The maximum absolute atomic E-state index is 10.8. The van der Waals surface area contributed by atoms with Crippen LogP contribution < -0.4 is 5.48 Å². The molecule has 10 heavy (non-hydrogen) atoms. The minimum absolute atomic E-state index is 0.333. The standard InChI is InChI=1S/C5H7N3O2/c1-10-8-5(9)4-2-6-3-7-4/h2-3H,1H3,(H,6,7)(H,8,9). The minimum atomic E-state index is -0.333. The van der Waals surface area contributed by atoms with Crippen LogP contribution in [-0.2, 0) is 4.84 Å². The van der Waals surface area contributed by atoms with Crippen LogP contribution in [0.15, 0.2) is 12.5 Å². The first-order valence-corrected chi connectivity index (χ1v) is 2.66. The van der Waals surface area contributed by atoms with Crippen molar-refractivity contribution >= 4 is 5.91 Å². The number of carbonyl (C=O) groups is 1. The van der Waals surface area contributed by atoms with Crippen LogP contribution >= 0.6 is 0 Å². The van der Waals surface area contributed by atoms with E-state index in [1.54, 1.807) is 0 Å². The maximum Gasteiger partial charge on any atom is 0.292 e. The van der Waals surface area contributed by atoms with Gasteiger partial charge in [0.05, 0.1) is 19.6 Å². The molecule has 0 unspecified atom stereocenters. The zero-order chi connectivity index (χ0) is 7.40. The number of nitrogens with zero attached hydrogens (tertiary/aromatic N) is 1. The molecule has 54 valence electrons. The fourth-order valence-corrected chi connectivity index (χ4v) is 0.528. The number of amides is 1. The first kappa shape index (κ1) is 6.76. The highest BCUT2D eigenvalue weighted by atomic mass is 16.6. The van der Waals surface area contributed by atoms with E-state index < -0.39 is 0 Å². The summed E-state index contributed by atoms with van der Waals surface area (Å²) in [6.45, 7) is 0. The number of aromatic amines is 1. The van der Waals surface area contributed by atoms with Crippen molar-refractivity contribution in [1.82, 2.24) is 15.4 Å². The van der Waals surface area contributed by atoms with Crippen LogP contribution in [0.25, 0.3) is 0 Å². The Bertz CT molecular complexity index is 207. The summed E-state index contributed by atoms with van der Waals surface area (Å²) in [5.74, 6) is -0.333. The molecule has 1 aromatic heterocycles. The Morgan fingerprint density at radius 3 is 3.20 bits per heavy atom. The lowest BCUT2D eigenvalue weighted by Gasteiger charge is -1.96. The Hall–Kier alpha value is -1.36. The zero-order valence-corrected chi connectivity index (χ0v) is 5.42. The number of nitrogens with one attached hydrogen (secondary N) is 2. The van der Waals surface area contributed by atoms with Crippen molar-refractivity contribution in [3.63, 3.8) is 0 Å². The monoisotopic (exact) mass is 141 g/mol. The molecule has 1 rings (SSSR count). The molecule has 0 aliphatic carbocycles. The fourth-order valence-electron chi connectivity index (χ4n) is 0.528. The second-order valence-corrected chi connectivity index (χ2v) is 1.60. The molecule has 2 N–H and O–H groups in total. The smallest absolute Gasteiger partial charge is 0.292 e. The minimum Gasteiger partial charge on any atom is -0.341 e. The molecular formula is C5H7N3O2. The van der Waals surface area contributed by atoms with Gasteiger partial charge in [0, 0.05) is 0 Å². The van der Waals surface area contributed by atoms with E-state index in [1.165, 1.54) is 19.6 Å². The lowest BCUT2D eigenvalue weighted by molar-refractivity contribution is 0.0533. The molecule has 0 atom stereocenters. The summed E-state index contributed by atoms with van der Waals surface area (Å²) in [7, 11) is 1.37. The molecular weight excluding hydrogens is 134 g/mol. The van der Waals surface area contributed by atoms with Crippen molar-refractivity contribution in [1.29, 1.82) is 0 Å². The summed E-state index contributed by atoms with van der Waals surface area (Å²) in [5.41, 5.74) is 2.51. The molecule has 1 heterocycles. The summed E-state index contributed by atoms with van der Waals surface area (Å²) >= 11 is 0. The number of H-pyrrole nitrogens is 1. The number of aromatic nitrogens is 2. The maximum atomic E-state index is 10.8. The molecule has 0 aliphatic heterocycles. The molecule has 0 fully saturated rings. The molecule has 0 bridgehead atoms. The Labute approximate surface area is 57.4 Å². The van der Waals surface area contributed by atoms with Gasteiger partial charge in [-0.2, -0.15) is 0 Å². The molecule has 1 amide bonds. The van der Waals surface area contributed by atoms with Crippen LogP contribution in [0.4, 0.5) is 0 Å². The molecule has 0 saturated carbocycles. The number of hydroxylamine groups is 1. The number of hydrogen-bond donors (Lipinski definition) is 2. The van der Waals surface area contributed by atoms with E-state index in [0.29, 0.717) is 5.69 Å². The topological polar surface area (TPSA) is 67.0 Å². The van der Waals surface area contributed by atoms with Crippen LogP contribution in [0.3, 0.4) is 0 Å². The normalized spacial score (nSPS) is 9.30. The van der Waals surface area contributed by atoms with Crippen molar-refractivity contribution in [3.8, 4) is 0 Å². The third-order valence-electron chi connectivity index (χ3n) is 0.938. The molecule has 0 spiro atoms. The predicted octanol–water partition coefficient (Wildman–Crippen LogP) is -0.299. The molecule has 0 aliphatic rings. The van der Waals surface area contributed by atoms with Crippen molar-refractivity contribution in [2.45, 2.75) is 0 Å². The first-order chi connectivity index (χ1) is 4.84. The number of carbonyl (C=O) groups excluding carboxylic acids is 1. The molecule has 0 aromatic carbocycles. The summed E-state index contributed by atoms with van der Waals surface area (Å²) in [6, 6.07) is 0. The van der Waals surface area contributed by atoms with E-state index in [-0.39, 0.29) is 5.91 Å². The van der Waals surface area contributed by atoms with Gasteiger partial charge < -0.3 is 4.98 Å². The average molecular weight is 141 g/mol. The first-order valence-electron chi connectivity index (χ1n) is 2.66. The lowest BCUT2D eigenvalue weighted by atomic mass is 10.5. The highest BCUT2D eigenvalue weighted by Gasteiger charge is 2.03. The average Bonchev–Trinajstić information content (AvgIpc) is 2.38. The van der Waals surface area contributed by atoms with Crippen molar-refractivity contribution in [3.05, 3.63) is 18.2 Å². The lowest BCUT2D eigenvalue weighted by Crippen LogP contribution is -2.21. The van der Waals surface area contributed by atoms with Gasteiger partial charge in [0.2, 0.25) is 0 Å². The van der Waals surface area contributed by atoms with Crippen molar-refractivity contribution in [2.75, 3.05) is 7.11 Å². The highest BCUT2D eigenvalue weighted by molar-refractivity contribution is 5.91. The Morgan fingerprint density at radius 2 is 2.70 bits per heavy atom. The quantitative estimate of drug-likeness (QED) is 0.555. The van der Waals surface area contributed by atoms with E-state index in [4.69, 9.17) is 0 Å². The van der Waals surface area contributed by atoms with Gasteiger partial charge in [0.1, 0.15) is 5.69 Å². The van der Waals surface area contributed by atoms with Crippen LogP contribution in [-0.4, -0.2) is 23.0 Å². The number of rotatable bonds is 2. The SMILES string of the molecule is CONC(=O)c1cnc[nH]1. The third kappa shape index (κ3) is 1.32. The molecule has 0 radical (unpaired) electrons. The van der Waals surface area contributed by atoms with E-state index in [1.807, 2.05) is 0 Å². The summed E-state index contributed by atoms with van der Waals surface area (Å²) in [4.78, 5) is 21.5. The van der Waals surface area contributed by atoms with Crippen molar-refractivity contribution in [2.24, 2.45) is 0 Å². The predicted molar refractivity (Wildman–Crippen MR) is 33.1 cm³/mol. The summed E-state index contributed by atoms with van der Waals surface area (Å²) in [5, 5.41) is 0. The van der Waals surface area contributed by atoms with Gasteiger partial charge in [-0.15, -0.1) is 0 Å². The third-order valence-corrected chi connectivity index (χ3v) is 0.938. The van der Waals surface area contributed by atoms with Gasteiger partial charge in [-0.25, -0.2) is 10.5 Å². The number of imidazole rings is 1. The van der Waals surface area contributed by atoms with Gasteiger partial charge in [-0.3, -0.25) is 9.63 Å². The van der Waals surface area contributed by atoms with Crippen LogP contribution in [0.1, 0.15) is 10.5 Å². The van der Waals surface area contributed by atoms with Crippen LogP contribution in [0.2, 0.25) is 0 Å². The molecule has 1 aromatic rings.